The van der Waals surface area contributed by atoms with Crippen LogP contribution >= 0.6 is 11.3 Å². The molecule has 0 saturated heterocycles. The van der Waals surface area contributed by atoms with Gasteiger partial charge in [-0.05, 0) is 24.3 Å². The lowest BCUT2D eigenvalue weighted by Crippen LogP contribution is -2.15. The van der Waals surface area contributed by atoms with Gasteiger partial charge in [0.25, 0.3) is 5.91 Å². The number of carbonyl (C=O) groups is 1. The van der Waals surface area contributed by atoms with Crippen LogP contribution in [0.4, 0.5) is 5.13 Å². The smallest absolute Gasteiger partial charge is 0.262 e. The fourth-order valence-corrected chi connectivity index (χ4v) is 3.80. The molecule has 0 aliphatic carbocycles. The number of amides is 1. The Morgan fingerprint density at radius 1 is 1.03 bits per heavy atom. The standard InChI is InChI=1S/C21H15N3O4S/c25-19(14-7-4-8-22-20(14)28-13-5-2-1-3-6-13)24-21-23-15-11-16-17(12-18(15)29-21)27-10-9-26-16/h1-8,11-12H,9-10H2,(H,23,24,25). The lowest BCUT2D eigenvalue weighted by Gasteiger charge is -2.17. The third kappa shape index (κ3) is 3.57. The van der Waals surface area contributed by atoms with E-state index in [2.05, 4.69) is 15.3 Å². The average molecular weight is 405 g/mol. The normalized spacial score (nSPS) is 12.6. The first kappa shape index (κ1) is 17.4. The number of nitrogens with zero attached hydrogens (tertiary/aromatic N) is 2. The number of hydrogen-bond acceptors (Lipinski definition) is 7. The van der Waals surface area contributed by atoms with Crippen LogP contribution in [0.2, 0.25) is 0 Å². The SMILES string of the molecule is O=C(Nc1nc2cc3c(cc2s1)OCCO3)c1cccnc1Oc1ccccc1. The summed E-state index contributed by atoms with van der Waals surface area (Å²) in [6.45, 7) is 1.03. The molecule has 0 unspecified atom stereocenters. The molecule has 0 atom stereocenters. The van der Waals surface area contributed by atoms with Gasteiger partial charge in [0.2, 0.25) is 5.88 Å². The zero-order valence-electron chi connectivity index (χ0n) is 15.1. The molecule has 1 aliphatic heterocycles. The van der Waals surface area contributed by atoms with Crippen LogP contribution in [0.5, 0.6) is 23.1 Å². The summed E-state index contributed by atoms with van der Waals surface area (Å²) in [5.74, 6) is 1.84. The molecule has 29 heavy (non-hydrogen) atoms. The van der Waals surface area contributed by atoms with Gasteiger partial charge in [-0.3, -0.25) is 10.1 Å². The molecule has 0 fully saturated rings. The van der Waals surface area contributed by atoms with E-state index in [0.717, 1.165) is 10.2 Å². The molecule has 1 amide bonds. The van der Waals surface area contributed by atoms with E-state index in [1.165, 1.54) is 11.3 Å². The second kappa shape index (κ2) is 7.40. The van der Waals surface area contributed by atoms with Crippen LogP contribution < -0.4 is 19.5 Å². The summed E-state index contributed by atoms with van der Waals surface area (Å²) in [7, 11) is 0. The van der Waals surface area contributed by atoms with Gasteiger partial charge in [0, 0.05) is 18.3 Å². The maximum atomic E-state index is 12.8. The van der Waals surface area contributed by atoms with Crippen LogP contribution in [0.15, 0.2) is 60.8 Å². The summed E-state index contributed by atoms with van der Waals surface area (Å²) in [4.78, 5) is 21.5. The summed E-state index contributed by atoms with van der Waals surface area (Å²) in [6.07, 6.45) is 1.58. The molecule has 4 aromatic rings. The van der Waals surface area contributed by atoms with Crippen LogP contribution in [0.1, 0.15) is 10.4 Å². The number of para-hydroxylation sites is 1. The molecule has 7 nitrogen and oxygen atoms in total. The highest BCUT2D eigenvalue weighted by atomic mass is 32.1. The molecule has 144 valence electrons. The van der Waals surface area contributed by atoms with Crippen LogP contribution in [0.25, 0.3) is 10.2 Å². The number of carbonyl (C=O) groups excluding carboxylic acids is 1. The molecule has 5 rings (SSSR count). The lowest BCUT2D eigenvalue weighted by atomic mass is 10.2. The molecule has 0 saturated carbocycles. The first-order valence-electron chi connectivity index (χ1n) is 8.96. The van der Waals surface area contributed by atoms with Crippen molar-refractivity contribution in [1.29, 1.82) is 0 Å². The number of aromatic nitrogens is 2. The van der Waals surface area contributed by atoms with E-state index < -0.39 is 0 Å². The summed E-state index contributed by atoms with van der Waals surface area (Å²) in [5, 5.41) is 3.31. The number of pyridine rings is 1. The predicted molar refractivity (Wildman–Crippen MR) is 109 cm³/mol. The Bertz CT molecular complexity index is 1150. The highest BCUT2D eigenvalue weighted by Crippen LogP contribution is 2.38. The van der Waals surface area contributed by atoms with Crippen molar-refractivity contribution in [2.45, 2.75) is 0 Å². The van der Waals surface area contributed by atoms with Crippen molar-refractivity contribution in [2.75, 3.05) is 18.5 Å². The maximum Gasteiger partial charge on any atom is 0.262 e. The van der Waals surface area contributed by atoms with Crippen molar-refractivity contribution >= 4 is 32.6 Å². The van der Waals surface area contributed by atoms with Gasteiger partial charge in [-0.15, -0.1) is 0 Å². The van der Waals surface area contributed by atoms with E-state index in [1.807, 2.05) is 30.3 Å². The molecule has 0 bridgehead atoms. The minimum atomic E-state index is -0.347. The molecular weight excluding hydrogens is 390 g/mol. The molecule has 3 heterocycles. The fraction of sp³-hybridized carbons (Fsp3) is 0.0952. The van der Waals surface area contributed by atoms with Gasteiger partial charge in [-0.2, -0.15) is 0 Å². The topological polar surface area (TPSA) is 82.6 Å². The largest absolute Gasteiger partial charge is 0.486 e. The van der Waals surface area contributed by atoms with Gasteiger partial charge in [-0.25, -0.2) is 9.97 Å². The van der Waals surface area contributed by atoms with Crippen molar-refractivity contribution < 1.29 is 19.0 Å². The third-order valence-corrected chi connectivity index (χ3v) is 5.18. The van der Waals surface area contributed by atoms with Gasteiger partial charge in [0.15, 0.2) is 16.6 Å². The van der Waals surface area contributed by atoms with E-state index in [1.54, 1.807) is 30.5 Å². The second-order valence-electron chi connectivity index (χ2n) is 6.21. The van der Waals surface area contributed by atoms with Crippen molar-refractivity contribution in [3.8, 4) is 23.1 Å². The van der Waals surface area contributed by atoms with E-state index >= 15 is 0 Å². The quantitative estimate of drug-likeness (QED) is 0.538. The third-order valence-electron chi connectivity index (χ3n) is 4.25. The highest BCUT2D eigenvalue weighted by Gasteiger charge is 2.18. The minimum absolute atomic E-state index is 0.231. The summed E-state index contributed by atoms with van der Waals surface area (Å²) < 4.78 is 17.9. The summed E-state index contributed by atoms with van der Waals surface area (Å²) >= 11 is 1.36. The van der Waals surface area contributed by atoms with Crippen LogP contribution in [-0.4, -0.2) is 29.1 Å². The van der Waals surface area contributed by atoms with Gasteiger partial charge >= 0.3 is 0 Å². The molecule has 0 radical (unpaired) electrons. The fourth-order valence-electron chi connectivity index (χ4n) is 2.93. The van der Waals surface area contributed by atoms with Crippen molar-refractivity contribution in [1.82, 2.24) is 9.97 Å². The zero-order valence-corrected chi connectivity index (χ0v) is 15.9. The molecule has 1 aliphatic rings. The molecule has 2 aromatic heterocycles. The molecule has 0 spiro atoms. The average Bonchev–Trinajstić information content (AvgIpc) is 3.14. The monoisotopic (exact) mass is 405 g/mol. The molecule has 1 N–H and O–H groups in total. The Morgan fingerprint density at radius 3 is 2.66 bits per heavy atom. The number of thiazole rings is 1. The Balaban J connectivity index is 1.40. The highest BCUT2D eigenvalue weighted by molar-refractivity contribution is 7.22. The lowest BCUT2D eigenvalue weighted by molar-refractivity contribution is 0.102. The Morgan fingerprint density at radius 2 is 1.83 bits per heavy atom. The number of nitrogens with one attached hydrogen (secondary N) is 1. The first-order valence-corrected chi connectivity index (χ1v) is 9.77. The van der Waals surface area contributed by atoms with Crippen molar-refractivity contribution in [3.05, 3.63) is 66.4 Å². The van der Waals surface area contributed by atoms with Crippen LogP contribution in [0, 0.1) is 0 Å². The summed E-state index contributed by atoms with van der Waals surface area (Å²) in [6, 6.07) is 16.3. The van der Waals surface area contributed by atoms with Crippen molar-refractivity contribution in [3.63, 3.8) is 0 Å². The predicted octanol–water partition coefficient (Wildman–Crippen LogP) is 4.51. The Kier molecular flexibility index (Phi) is 4.45. The minimum Gasteiger partial charge on any atom is -0.486 e. The van der Waals surface area contributed by atoms with Crippen molar-refractivity contribution in [2.24, 2.45) is 0 Å². The summed E-state index contributed by atoms with van der Waals surface area (Å²) in [5.41, 5.74) is 1.06. The van der Waals surface area contributed by atoms with E-state index in [0.29, 0.717) is 41.2 Å². The van der Waals surface area contributed by atoms with E-state index in [4.69, 9.17) is 14.2 Å². The van der Waals surface area contributed by atoms with Crippen LogP contribution in [0.3, 0.4) is 0 Å². The number of hydrogen-bond donors (Lipinski definition) is 1. The maximum absolute atomic E-state index is 12.8. The van der Waals surface area contributed by atoms with E-state index in [-0.39, 0.29) is 11.8 Å². The Labute approximate surface area is 169 Å². The zero-order chi connectivity index (χ0) is 19.6. The van der Waals surface area contributed by atoms with E-state index in [9.17, 15) is 4.79 Å². The van der Waals surface area contributed by atoms with Gasteiger partial charge in [0.05, 0.1) is 10.2 Å². The Hall–Kier alpha value is -3.65. The molecule has 2 aromatic carbocycles. The molecular formula is C21H15N3O4S. The first-order chi connectivity index (χ1) is 14.3. The van der Waals surface area contributed by atoms with Gasteiger partial charge in [-0.1, -0.05) is 29.5 Å². The number of rotatable bonds is 4. The second-order valence-corrected chi connectivity index (χ2v) is 7.24. The number of anilines is 1. The number of benzene rings is 2. The molecule has 8 heteroatoms. The number of fused-ring (bicyclic) bond motifs is 2. The van der Waals surface area contributed by atoms with Gasteiger partial charge < -0.3 is 14.2 Å². The van der Waals surface area contributed by atoms with Crippen LogP contribution in [-0.2, 0) is 0 Å². The number of ether oxygens (including phenoxy) is 3. The van der Waals surface area contributed by atoms with Gasteiger partial charge in [0.1, 0.15) is 24.5 Å².